The predicted molar refractivity (Wildman–Crippen MR) is 123 cm³/mol. The average molecular weight is 449 g/mol. The first-order valence-corrected chi connectivity index (χ1v) is 10.4. The van der Waals surface area contributed by atoms with Crippen LogP contribution in [0, 0.1) is 0 Å². The number of aromatic nitrogens is 4. The van der Waals surface area contributed by atoms with E-state index in [1.54, 1.807) is 50.5 Å². The highest BCUT2D eigenvalue weighted by atomic mass is 35.5. The Hall–Kier alpha value is -3.58. The lowest BCUT2D eigenvalue weighted by atomic mass is 10.1. The lowest BCUT2D eigenvalue weighted by molar-refractivity contribution is -0.154. The molecule has 4 aromatic rings. The molecule has 0 saturated carbocycles. The molecule has 3 aromatic heterocycles. The zero-order chi connectivity index (χ0) is 22.9. The second kappa shape index (κ2) is 8.51. The van der Waals surface area contributed by atoms with Gasteiger partial charge in [-0.15, -0.1) is 0 Å². The Morgan fingerprint density at radius 3 is 2.56 bits per heavy atom. The van der Waals surface area contributed by atoms with Crippen LogP contribution < -0.4 is 5.56 Å². The van der Waals surface area contributed by atoms with Crippen molar-refractivity contribution in [2.45, 2.75) is 32.9 Å². The highest BCUT2D eigenvalue weighted by Crippen LogP contribution is 2.29. The maximum atomic E-state index is 13.4. The minimum absolute atomic E-state index is 0.162. The van der Waals surface area contributed by atoms with Crippen LogP contribution in [0.5, 0.6) is 0 Å². The van der Waals surface area contributed by atoms with Gasteiger partial charge in [-0.25, -0.2) is 9.97 Å². The lowest BCUT2D eigenvalue weighted by Gasteiger charge is -2.25. The molecular formula is C24H21ClN4O3. The molecule has 0 bridgehead atoms. The number of pyridine rings is 2. The van der Waals surface area contributed by atoms with Crippen LogP contribution in [-0.2, 0) is 16.1 Å². The van der Waals surface area contributed by atoms with E-state index in [0.29, 0.717) is 27.3 Å². The molecule has 32 heavy (non-hydrogen) atoms. The molecule has 0 amide bonds. The first-order chi connectivity index (χ1) is 15.2. The fourth-order valence-corrected chi connectivity index (χ4v) is 3.71. The van der Waals surface area contributed by atoms with Gasteiger partial charge in [0.15, 0.2) is 0 Å². The van der Waals surface area contributed by atoms with Gasteiger partial charge in [-0.2, -0.15) is 0 Å². The Morgan fingerprint density at radius 2 is 1.91 bits per heavy atom. The van der Waals surface area contributed by atoms with Gasteiger partial charge in [0.05, 0.1) is 29.6 Å². The molecule has 7 nitrogen and oxygen atoms in total. The van der Waals surface area contributed by atoms with Gasteiger partial charge >= 0.3 is 5.97 Å². The summed E-state index contributed by atoms with van der Waals surface area (Å²) in [6.07, 6.45) is 4.82. The van der Waals surface area contributed by atoms with E-state index in [-0.39, 0.29) is 12.1 Å². The van der Waals surface area contributed by atoms with E-state index in [2.05, 4.69) is 9.97 Å². The largest absolute Gasteiger partial charge is 0.458 e. The molecule has 0 unspecified atom stereocenters. The van der Waals surface area contributed by atoms with Crippen molar-refractivity contribution < 1.29 is 9.53 Å². The SMILES string of the molecule is CC(=O)OC(C)(C)Cn1cnc2c(-c3cccnc3)nc(-c3ccc(Cl)cc3)cc2c1=O. The van der Waals surface area contributed by atoms with Gasteiger partial charge < -0.3 is 4.74 Å². The molecule has 0 atom stereocenters. The van der Waals surface area contributed by atoms with Crippen molar-refractivity contribution in [3.05, 3.63) is 76.6 Å². The predicted octanol–water partition coefficient (Wildman–Crippen LogP) is 4.52. The second-order valence-corrected chi connectivity index (χ2v) is 8.47. The monoisotopic (exact) mass is 448 g/mol. The lowest BCUT2D eigenvalue weighted by Crippen LogP contribution is -2.36. The van der Waals surface area contributed by atoms with Gasteiger partial charge in [-0.05, 0) is 44.2 Å². The third-order valence-electron chi connectivity index (χ3n) is 4.86. The molecular weight excluding hydrogens is 428 g/mol. The van der Waals surface area contributed by atoms with E-state index in [4.69, 9.17) is 21.3 Å². The Morgan fingerprint density at radius 1 is 1.16 bits per heavy atom. The Bertz CT molecular complexity index is 1350. The van der Waals surface area contributed by atoms with Crippen LogP contribution in [0.15, 0.2) is 66.0 Å². The van der Waals surface area contributed by atoms with Crippen LogP contribution in [0.4, 0.5) is 0 Å². The molecule has 0 fully saturated rings. The number of esters is 1. The highest BCUT2D eigenvalue weighted by Gasteiger charge is 2.24. The van der Waals surface area contributed by atoms with Gasteiger partial charge in [-0.3, -0.25) is 19.1 Å². The molecule has 0 aliphatic heterocycles. The molecule has 0 N–H and O–H groups in total. The zero-order valence-corrected chi connectivity index (χ0v) is 18.6. The van der Waals surface area contributed by atoms with E-state index in [9.17, 15) is 9.59 Å². The van der Waals surface area contributed by atoms with Crippen LogP contribution in [0.25, 0.3) is 33.4 Å². The topological polar surface area (TPSA) is 87.0 Å². The number of nitrogens with zero attached hydrogens (tertiary/aromatic N) is 4. The molecule has 0 aliphatic rings. The average Bonchev–Trinajstić information content (AvgIpc) is 2.75. The number of hydrogen-bond acceptors (Lipinski definition) is 6. The van der Waals surface area contributed by atoms with Crippen molar-refractivity contribution in [3.63, 3.8) is 0 Å². The molecule has 0 radical (unpaired) electrons. The number of hydrogen-bond donors (Lipinski definition) is 0. The summed E-state index contributed by atoms with van der Waals surface area (Å²) >= 11 is 6.04. The molecule has 3 heterocycles. The van der Waals surface area contributed by atoms with Crippen molar-refractivity contribution in [1.29, 1.82) is 0 Å². The summed E-state index contributed by atoms with van der Waals surface area (Å²) in [5.41, 5.74) is 2.09. The molecule has 1 aromatic carbocycles. The number of rotatable bonds is 5. The van der Waals surface area contributed by atoms with E-state index in [0.717, 1.165) is 11.1 Å². The summed E-state index contributed by atoms with van der Waals surface area (Å²) in [7, 11) is 0. The molecule has 0 spiro atoms. The molecule has 162 valence electrons. The van der Waals surface area contributed by atoms with Crippen molar-refractivity contribution in [2.24, 2.45) is 0 Å². The summed E-state index contributed by atoms with van der Waals surface area (Å²) in [6, 6.07) is 12.6. The standard InChI is InChI=1S/C24H21ClN4O3/c1-15(30)32-24(2,3)13-29-14-27-22-19(23(29)31)11-20(16-6-8-18(25)9-7-16)28-21(22)17-5-4-10-26-12-17/h4-12,14H,13H2,1-3H3. The summed E-state index contributed by atoms with van der Waals surface area (Å²) in [5.74, 6) is -0.412. The smallest absolute Gasteiger partial charge is 0.303 e. The van der Waals surface area contributed by atoms with Gasteiger partial charge in [0.2, 0.25) is 0 Å². The molecule has 0 aliphatic carbocycles. The van der Waals surface area contributed by atoms with Gasteiger partial charge in [0.1, 0.15) is 11.1 Å². The molecule has 8 heteroatoms. The van der Waals surface area contributed by atoms with Crippen LogP contribution in [0.1, 0.15) is 20.8 Å². The molecule has 4 rings (SSSR count). The van der Waals surface area contributed by atoms with Gasteiger partial charge in [-0.1, -0.05) is 23.7 Å². The highest BCUT2D eigenvalue weighted by molar-refractivity contribution is 6.30. The van der Waals surface area contributed by atoms with E-state index < -0.39 is 11.6 Å². The summed E-state index contributed by atoms with van der Waals surface area (Å²) in [6.45, 7) is 5.00. The van der Waals surface area contributed by atoms with E-state index in [1.807, 2.05) is 18.2 Å². The number of ether oxygens (including phenoxy) is 1. The molecule has 0 saturated heterocycles. The number of halogens is 1. The van der Waals surface area contributed by atoms with E-state index >= 15 is 0 Å². The number of carbonyl (C=O) groups excluding carboxylic acids is 1. The van der Waals surface area contributed by atoms with Gasteiger partial charge in [0, 0.05) is 35.5 Å². The van der Waals surface area contributed by atoms with Crippen molar-refractivity contribution >= 4 is 28.5 Å². The van der Waals surface area contributed by atoms with Crippen LogP contribution in [0.2, 0.25) is 5.02 Å². The number of carbonyl (C=O) groups is 1. The fraction of sp³-hybridized carbons (Fsp3) is 0.208. The van der Waals surface area contributed by atoms with Gasteiger partial charge in [0.25, 0.3) is 5.56 Å². The van der Waals surface area contributed by atoms with Crippen LogP contribution in [0.3, 0.4) is 0 Å². The zero-order valence-electron chi connectivity index (χ0n) is 17.9. The maximum absolute atomic E-state index is 13.4. The fourth-order valence-electron chi connectivity index (χ4n) is 3.58. The van der Waals surface area contributed by atoms with Crippen LogP contribution >= 0.6 is 11.6 Å². The Kier molecular flexibility index (Phi) is 5.76. The minimum Gasteiger partial charge on any atom is -0.458 e. The third-order valence-corrected chi connectivity index (χ3v) is 5.11. The maximum Gasteiger partial charge on any atom is 0.303 e. The Balaban J connectivity index is 1.93. The second-order valence-electron chi connectivity index (χ2n) is 8.03. The normalized spacial score (nSPS) is 11.5. The summed E-state index contributed by atoms with van der Waals surface area (Å²) in [4.78, 5) is 38.4. The summed E-state index contributed by atoms with van der Waals surface area (Å²) in [5, 5.41) is 1.02. The van der Waals surface area contributed by atoms with E-state index in [1.165, 1.54) is 17.8 Å². The Labute approximate surface area is 189 Å². The first-order valence-electron chi connectivity index (χ1n) is 10.00. The number of fused-ring (bicyclic) bond motifs is 1. The van der Waals surface area contributed by atoms with Crippen molar-refractivity contribution in [1.82, 2.24) is 19.5 Å². The van der Waals surface area contributed by atoms with Crippen molar-refractivity contribution in [3.8, 4) is 22.5 Å². The number of benzene rings is 1. The minimum atomic E-state index is -0.872. The quantitative estimate of drug-likeness (QED) is 0.417. The first kappa shape index (κ1) is 21.6. The summed E-state index contributed by atoms with van der Waals surface area (Å²) < 4.78 is 6.79. The third kappa shape index (κ3) is 4.53. The van der Waals surface area contributed by atoms with Crippen LogP contribution in [-0.4, -0.2) is 31.1 Å². The van der Waals surface area contributed by atoms with Crippen molar-refractivity contribution in [2.75, 3.05) is 0 Å².